The zero-order chi connectivity index (χ0) is 20.4. The second-order valence-corrected chi connectivity index (χ2v) is 7.00. The molecule has 1 atom stereocenters. The lowest BCUT2D eigenvalue weighted by molar-refractivity contribution is -0.142. The smallest absolute Gasteiger partial charge is 0.328 e. The lowest BCUT2D eigenvalue weighted by Crippen LogP contribution is -2.43. The molecule has 0 spiro atoms. The van der Waals surface area contributed by atoms with Gasteiger partial charge in [-0.1, -0.05) is 29.8 Å². The van der Waals surface area contributed by atoms with Gasteiger partial charge in [-0.05, 0) is 23.8 Å². The van der Waals surface area contributed by atoms with Crippen LogP contribution in [-0.2, 0) is 16.0 Å². The van der Waals surface area contributed by atoms with Crippen LogP contribution in [0.1, 0.15) is 15.9 Å². The summed E-state index contributed by atoms with van der Waals surface area (Å²) in [5, 5.41) is 4.00. The van der Waals surface area contributed by atoms with E-state index in [4.69, 9.17) is 25.8 Å². The van der Waals surface area contributed by atoms with E-state index in [0.717, 1.165) is 16.5 Å². The lowest BCUT2D eigenvalue weighted by Gasteiger charge is -2.21. The normalized spacial score (nSPS) is 13.7. The molecule has 0 unspecified atom stereocenters. The fraction of sp³-hybridized carbons (Fsp3) is 0.238. The highest BCUT2D eigenvalue weighted by Gasteiger charge is 2.26. The summed E-state index contributed by atoms with van der Waals surface area (Å²) < 4.78 is 15.9. The maximum absolute atomic E-state index is 12.8. The molecule has 8 heteroatoms. The molecule has 29 heavy (non-hydrogen) atoms. The van der Waals surface area contributed by atoms with Gasteiger partial charge in [0.05, 0.1) is 12.1 Å². The van der Waals surface area contributed by atoms with E-state index in [1.54, 1.807) is 6.07 Å². The van der Waals surface area contributed by atoms with Crippen molar-refractivity contribution in [3.8, 4) is 11.5 Å². The Labute approximate surface area is 171 Å². The molecule has 2 N–H and O–H groups in total. The summed E-state index contributed by atoms with van der Waals surface area (Å²) in [5.74, 6) is -0.177. The molecule has 1 aromatic heterocycles. The Morgan fingerprint density at radius 1 is 1.24 bits per heavy atom. The van der Waals surface area contributed by atoms with Gasteiger partial charge in [-0.25, -0.2) is 4.79 Å². The van der Waals surface area contributed by atoms with Crippen molar-refractivity contribution in [2.45, 2.75) is 12.5 Å². The van der Waals surface area contributed by atoms with Crippen molar-refractivity contribution in [3.63, 3.8) is 0 Å². The van der Waals surface area contributed by atoms with Crippen LogP contribution in [-0.4, -0.2) is 43.2 Å². The number of halogens is 1. The Morgan fingerprint density at radius 2 is 2.03 bits per heavy atom. The van der Waals surface area contributed by atoms with E-state index in [0.29, 0.717) is 24.7 Å². The van der Waals surface area contributed by atoms with Crippen LogP contribution in [0.15, 0.2) is 42.6 Å². The Bertz CT molecular complexity index is 1080. The summed E-state index contributed by atoms with van der Waals surface area (Å²) in [6, 6.07) is 9.93. The van der Waals surface area contributed by atoms with Crippen LogP contribution in [0.2, 0.25) is 5.02 Å². The topological polar surface area (TPSA) is 89.7 Å². The van der Waals surface area contributed by atoms with E-state index in [1.165, 1.54) is 13.2 Å². The minimum Gasteiger partial charge on any atom is -0.486 e. The lowest BCUT2D eigenvalue weighted by atomic mass is 10.0. The van der Waals surface area contributed by atoms with Gasteiger partial charge >= 0.3 is 5.97 Å². The molecule has 0 aliphatic carbocycles. The number of aromatic amines is 1. The van der Waals surface area contributed by atoms with Gasteiger partial charge < -0.3 is 24.5 Å². The van der Waals surface area contributed by atoms with Crippen LogP contribution in [0.5, 0.6) is 11.5 Å². The van der Waals surface area contributed by atoms with Crippen molar-refractivity contribution in [2.24, 2.45) is 0 Å². The molecule has 0 fully saturated rings. The first kappa shape index (κ1) is 19.1. The largest absolute Gasteiger partial charge is 0.486 e. The fourth-order valence-electron chi connectivity index (χ4n) is 3.34. The van der Waals surface area contributed by atoms with Crippen molar-refractivity contribution in [1.29, 1.82) is 0 Å². The Kier molecular flexibility index (Phi) is 5.31. The number of nitrogens with one attached hydrogen (secondary N) is 2. The molecule has 1 amide bonds. The van der Waals surface area contributed by atoms with E-state index in [2.05, 4.69) is 10.3 Å². The highest BCUT2D eigenvalue weighted by molar-refractivity contribution is 6.32. The number of ether oxygens (including phenoxy) is 3. The number of para-hydroxylation sites is 1. The third kappa shape index (κ3) is 3.86. The summed E-state index contributed by atoms with van der Waals surface area (Å²) in [7, 11) is 1.29. The molecule has 150 valence electrons. The minimum atomic E-state index is -0.862. The summed E-state index contributed by atoms with van der Waals surface area (Å²) in [6.07, 6.45) is 2.11. The first-order valence-electron chi connectivity index (χ1n) is 9.09. The van der Waals surface area contributed by atoms with Crippen LogP contribution in [0, 0.1) is 0 Å². The maximum atomic E-state index is 12.8. The Balaban J connectivity index is 1.58. The third-order valence-electron chi connectivity index (χ3n) is 4.75. The molecular weight excluding hydrogens is 396 g/mol. The highest BCUT2D eigenvalue weighted by Crippen LogP contribution is 2.38. The second kappa shape index (κ2) is 8.05. The number of fused-ring (bicyclic) bond motifs is 2. The predicted octanol–water partition coefficient (Wildman–Crippen LogP) is 3.11. The molecule has 0 saturated heterocycles. The molecule has 1 aliphatic heterocycles. The quantitative estimate of drug-likeness (QED) is 0.626. The summed E-state index contributed by atoms with van der Waals surface area (Å²) in [5.41, 5.74) is 2.12. The average molecular weight is 415 g/mol. The Morgan fingerprint density at radius 3 is 2.86 bits per heavy atom. The maximum Gasteiger partial charge on any atom is 0.328 e. The molecule has 1 aliphatic rings. The van der Waals surface area contributed by atoms with E-state index in [-0.39, 0.29) is 17.0 Å². The van der Waals surface area contributed by atoms with Crippen molar-refractivity contribution >= 4 is 34.4 Å². The molecule has 0 radical (unpaired) electrons. The number of H-pyrrole nitrogens is 1. The molecule has 0 bridgehead atoms. The number of esters is 1. The van der Waals surface area contributed by atoms with Gasteiger partial charge in [-0.3, -0.25) is 4.79 Å². The predicted molar refractivity (Wildman–Crippen MR) is 108 cm³/mol. The number of carbonyl (C=O) groups excluding carboxylic acids is 2. The zero-order valence-electron chi connectivity index (χ0n) is 15.7. The van der Waals surface area contributed by atoms with Gasteiger partial charge in [0.15, 0.2) is 11.5 Å². The first-order chi connectivity index (χ1) is 14.1. The second-order valence-electron chi connectivity index (χ2n) is 6.60. The first-order valence-corrected chi connectivity index (χ1v) is 9.47. The van der Waals surface area contributed by atoms with Crippen molar-refractivity contribution < 1.29 is 23.8 Å². The standard InChI is InChI=1S/C21H19ClN2O5/c1-27-21(26)17(9-13-11-23-16-5-3-2-4-14(13)16)24-20(25)12-8-15(22)19-18(10-12)28-6-7-29-19/h2-5,8,10-11,17,23H,6-7,9H2,1H3,(H,24,25)/t17-/m0/s1. The molecular formula is C21H19ClN2O5. The monoisotopic (exact) mass is 414 g/mol. The minimum absolute atomic E-state index is 0.270. The van der Waals surface area contributed by atoms with Gasteiger partial charge in [-0.15, -0.1) is 0 Å². The van der Waals surface area contributed by atoms with Crippen molar-refractivity contribution in [2.75, 3.05) is 20.3 Å². The Hall–Kier alpha value is -3.19. The van der Waals surface area contributed by atoms with Crippen molar-refractivity contribution in [3.05, 3.63) is 58.7 Å². The van der Waals surface area contributed by atoms with Gasteiger partial charge in [-0.2, -0.15) is 0 Å². The summed E-state index contributed by atoms with van der Waals surface area (Å²) in [4.78, 5) is 28.3. The van der Waals surface area contributed by atoms with E-state index < -0.39 is 17.9 Å². The molecule has 2 aromatic carbocycles. The number of carbonyl (C=O) groups is 2. The van der Waals surface area contributed by atoms with Crippen LogP contribution < -0.4 is 14.8 Å². The van der Waals surface area contributed by atoms with Gasteiger partial charge in [0, 0.05) is 29.1 Å². The van der Waals surface area contributed by atoms with E-state index in [1.807, 2.05) is 30.5 Å². The number of amides is 1. The number of methoxy groups -OCH3 is 1. The van der Waals surface area contributed by atoms with Crippen LogP contribution in [0.4, 0.5) is 0 Å². The third-order valence-corrected chi connectivity index (χ3v) is 5.03. The summed E-state index contributed by atoms with van der Waals surface area (Å²) >= 11 is 6.22. The molecule has 7 nitrogen and oxygen atoms in total. The van der Waals surface area contributed by atoms with Crippen molar-refractivity contribution in [1.82, 2.24) is 10.3 Å². The molecule has 2 heterocycles. The molecule has 3 aromatic rings. The fourth-order valence-corrected chi connectivity index (χ4v) is 3.60. The van der Waals surface area contributed by atoms with Gasteiger partial charge in [0.1, 0.15) is 19.3 Å². The number of hydrogen-bond donors (Lipinski definition) is 2. The number of benzene rings is 2. The van der Waals surface area contributed by atoms with Gasteiger partial charge in [0.2, 0.25) is 0 Å². The van der Waals surface area contributed by atoms with E-state index in [9.17, 15) is 9.59 Å². The molecule has 0 saturated carbocycles. The van der Waals surface area contributed by atoms with E-state index >= 15 is 0 Å². The van der Waals surface area contributed by atoms with Gasteiger partial charge in [0.25, 0.3) is 5.91 Å². The SMILES string of the molecule is COC(=O)[C@H](Cc1c[nH]c2ccccc12)NC(=O)c1cc(Cl)c2c(c1)OCCO2. The molecule has 4 rings (SSSR count). The number of hydrogen-bond acceptors (Lipinski definition) is 5. The van der Waals surface area contributed by atoms with Crippen LogP contribution >= 0.6 is 11.6 Å². The van der Waals surface area contributed by atoms with Crippen LogP contribution in [0.3, 0.4) is 0 Å². The zero-order valence-corrected chi connectivity index (χ0v) is 16.4. The van der Waals surface area contributed by atoms with Crippen LogP contribution in [0.25, 0.3) is 10.9 Å². The number of rotatable bonds is 5. The summed E-state index contributed by atoms with van der Waals surface area (Å²) in [6.45, 7) is 0.771. The average Bonchev–Trinajstić information content (AvgIpc) is 3.15. The number of aromatic nitrogens is 1. The highest BCUT2D eigenvalue weighted by atomic mass is 35.5.